The summed E-state index contributed by atoms with van der Waals surface area (Å²) in [5, 5.41) is 0. The van der Waals surface area contributed by atoms with Crippen LogP contribution in [0.1, 0.15) is 25.0 Å². The van der Waals surface area contributed by atoms with E-state index in [1.165, 1.54) is 47.5 Å². The largest absolute Gasteiger partial charge is 0.310 e. The monoisotopic (exact) mass is 563 g/mol. The fourth-order valence-corrected chi connectivity index (χ4v) is 10.2. The minimum atomic E-state index is -3.99. The van der Waals surface area contributed by atoms with Gasteiger partial charge in [-0.25, -0.2) is 16.8 Å². The van der Waals surface area contributed by atoms with Crippen molar-refractivity contribution in [1.82, 2.24) is 0 Å². The highest BCUT2D eigenvalue weighted by atomic mass is 32.2. The number of nitrogens with zero attached hydrogens (tertiary/aromatic N) is 1. The second kappa shape index (κ2) is 8.40. The van der Waals surface area contributed by atoms with Crippen molar-refractivity contribution >= 4 is 36.7 Å². The highest BCUT2D eigenvalue weighted by Gasteiger charge is 2.39. The van der Waals surface area contributed by atoms with E-state index < -0.39 is 19.7 Å². The summed E-state index contributed by atoms with van der Waals surface area (Å²) in [5.41, 5.74) is 6.93. The van der Waals surface area contributed by atoms with Gasteiger partial charge in [-0.1, -0.05) is 80.6 Å². The fourth-order valence-electron chi connectivity index (χ4n) is 6.00. The predicted molar refractivity (Wildman–Crippen MR) is 156 cm³/mol. The number of hydrogen-bond acceptors (Lipinski definition) is 5. The molecule has 5 aromatic carbocycles. The van der Waals surface area contributed by atoms with Crippen molar-refractivity contribution in [3.63, 3.8) is 0 Å². The topological polar surface area (TPSA) is 71.5 Å². The van der Waals surface area contributed by atoms with Crippen LogP contribution in [0.25, 0.3) is 11.1 Å². The molecule has 0 saturated heterocycles. The zero-order valence-electron chi connectivity index (χ0n) is 21.9. The summed E-state index contributed by atoms with van der Waals surface area (Å²) in [7, 11) is -7.94. The molecule has 7 rings (SSSR count). The van der Waals surface area contributed by atoms with Gasteiger partial charge >= 0.3 is 0 Å². The second-order valence-electron chi connectivity index (χ2n) is 10.7. The van der Waals surface area contributed by atoms with E-state index in [1.807, 2.05) is 36.4 Å². The van der Waals surface area contributed by atoms with Crippen molar-refractivity contribution < 1.29 is 16.8 Å². The van der Waals surface area contributed by atoms with Crippen LogP contribution >= 0.6 is 0 Å². The summed E-state index contributed by atoms with van der Waals surface area (Å²) in [4.78, 5) is 1.52. The Morgan fingerprint density at radius 3 is 1.52 bits per heavy atom. The third kappa shape index (κ3) is 3.37. The van der Waals surface area contributed by atoms with E-state index in [1.54, 1.807) is 6.07 Å². The quantitative estimate of drug-likeness (QED) is 0.219. The molecule has 7 heteroatoms. The van der Waals surface area contributed by atoms with Crippen LogP contribution in [0.3, 0.4) is 0 Å². The first-order valence-corrected chi connectivity index (χ1v) is 15.9. The molecule has 2 heterocycles. The Morgan fingerprint density at radius 1 is 0.500 bits per heavy atom. The highest BCUT2D eigenvalue weighted by Crippen LogP contribution is 2.51. The van der Waals surface area contributed by atoms with Crippen LogP contribution in [0.2, 0.25) is 0 Å². The second-order valence-corrected chi connectivity index (χ2v) is 14.4. The third-order valence-corrected chi connectivity index (χ3v) is 12.0. The van der Waals surface area contributed by atoms with Gasteiger partial charge in [0.2, 0.25) is 19.7 Å². The maximum absolute atomic E-state index is 13.4. The molecule has 5 nitrogen and oxygen atoms in total. The van der Waals surface area contributed by atoms with Gasteiger partial charge in [0.15, 0.2) is 0 Å². The molecule has 0 aliphatic carbocycles. The van der Waals surface area contributed by atoms with Gasteiger partial charge in [-0.3, -0.25) is 0 Å². The Labute approximate surface area is 234 Å². The van der Waals surface area contributed by atoms with Gasteiger partial charge in [0, 0.05) is 11.1 Å². The molecule has 0 spiro atoms. The number of benzene rings is 5. The van der Waals surface area contributed by atoms with Gasteiger partial charge in [-0.15, -0.1) is 0 Å². The maximum atomic E-state index is 13.4. The van der Waals surface area contributed by atoms with Crippen LogP contribution in [0, 0.1) is 0 Å². The number of para-hydroxylation sites is 2. The number of sulfone groups is 2. The van der Waals surface area contributed by atoms with Gasteiger partial charge in [0.25, 0.3) is 0 Å². The smallest absolute Gasteiger partial charge is 0.209 e. The van der Waals surface area contributed by atoms with Crippen molar-refractivity contribution in [3.05, 3.63) is 126 Å². The average Bonchev–Trinajstić information content (AvgIpc) is 2.97. The number of rotatable bonds is 2. The van der Waals surface area contributed by atoms with E-state index >= 15 is 0 Å². The van der Waals surface area contributed by atoms with E-state index in [9.17, 15) is 16.8 Å². The molecule has 0 saturated carbocycles. The predicted octanol–water partition coefficient (Wildman–Crippen LogP) is 7.44. The number of hydrogen-bond donors (Lipinski definition) is 0. The lowest BCUT2D eigenvalue weighted by Crippen LogP contribution is -2.30. The summed E-state index contributed by atoms with van der Waals surface area (Å²) >= 11 is 0. The molecule has 5 aromatic rings. The first-order chi connectivity index (χ1) is 19.1. The first kappa shape index (κ1) is 24.8. The lowest BCUT2D eigenvalue weighted by atomic mass is 9.73. The van der Waals surface area contributed by atoms with Crippen LogP contribution < -0.4 is 4.90 Å². The summed E-state index contributed by atoms with van der Waals surface area (Å²) in [6, 6.07) is 35.1. The van der Waals surface area contributed by atoms with Gasteiger partial charge in [0.05, 0.1) is 31.0 Å². The molecule has 0 radical (unpaired) electrons. The van der Waals surface area contributed by atoms with Gasteiger partial charge < -0.3 is 4.90 Å². The van der Waals surface area contributed by atoms with E-state index in [0.717, 1.165) is 22.6 Å². The van der Waals surface area contributed by atoms with Crippen LogP contribution in [0.4, 0.5) is 17.1 Å². The summed E-state index contributed by atoms with van der Waals surface area (Å²) in [6.07, 6.45) is 0. The Balaban J connectivity index is 1.33. The first-order valence-electron chi connectivity index (χ1n) is 12.9. The van der Waals surface area contributed by atoms with Gasteiger partial charge in [-0.05, 0) is 70.8 Å². The van der Waals surface area contributed by atoms with E-state index in [0.29, 0.717) is 5.56 Å². The van der Waals surface area contributed by atoms with E-state index in [2.05, 4.69) is 55.1 Å². The Kier molecular flexibility index (Phi) is 5.21. The minimum Gasteiger partial charge on any atom is -0.310 e. The molecule has 0 fully saturated rings. The summed E-state index contributed by atoms with van der Waals surface area (Å²) < 4.78 is 53.3. The molecule has 0 bridgehead atoms. The fraction of sp³-hybridized carbons (Fsp3) is 0.0909. The lowest BCUT2D eigenvalue weighted by Gasteiger charge is -2.42. The molecule has 0 unspecified atom stereocenters. The van der Waals surface area contributed by atoms with Crippen molar-refractivity contribution in [1.29, 1.82) is 0 Å². The van der Waals surface area contributed by atoms with Crippen LogP contribution in [-0.2, 0) is 25.1 Å². The molecule has 0 amide bonds. The minimum absolute atomic E-state index is 0.156. The SMILES string of the molecule is CC1(C)c2ccccc2N(c2ccc(-c3ccc4c(c3)S(=O)(=O)c3ccccc3S4(=O)=O)cc2)c2ccccc21. The van der Waals surface area contributed by atoms with Crippen LogP contribution in [0.5, 0.6) is 0 Å². The van der Waals surface area contributed by atoms with Crippen molar-refractivity contribution in [3.8, 4) is 11.1 Å². The molecule has 2 aliphatic rings. The van der Waals surface area contributed by atoms with Crippen LogP contribution in [-0.4, -0.2) is 16.8 Å². The highest BCUT2D eigenvalue weighted by molar-refractivity contribution is 7.97. The Bertz CT molecular complexity index is 2010. The molecule has 2 aliphatic heterocycles. The molecular formula is C33H25NO4S2. The lowest BCUT2D eigenvalue weighted by molar-refractivity contribution is 0.570. The molecular weight excluding hydrogens is 539 g/mol. The van der Waals surface area contributed by atoms with E-state index in [4.69, 9.17) is 0 Å². The Hall–Kier alpha value is -4.20. The maximum Gasteiger partial charge on any atom is 0.209 e. The number of fused-ring (bicyclic) bond motifs is 4. The van der Waals surface area contributed by atoms with Crippen molar-refractivity contribution in [2.75, 3.05) is 4.90 Å². The van der Waals surface area contributed by atoms with Crippen LogP contribution in [0.15, 0.2) is 135 Å². The zero-order valence-corrected chi connectivity index (χ0v) is 23.5. The molecule has 198 valence electrons. The standard InChI is InChI=1S/C33H25NO4S2/c1-33(2)25-9-3-5-11-27(25)34(28-12-6-4-10-26(28)33)24-18-15-22(16-19-24)23-17-20-31-32(21-23)40(37,38)30-14-8-7-13-29(30)39(31,35)36/h3-21H,1-2H3. The zero-order chi connectivity index (χ0) is 27.9. The van der Waals surface area contributed by atoms with Crippen molar-refractivity contribution in [2.45, 2.75) is 38.8 Å². The van der Waals surface area contributed by atoms with Gasteiger partial charge in [0.1, 0.15) is 0 Å². The molecule has 40 heavy (non-hydrogen) atoms. The average molecular weight is 564 g/mol. The Morgan fingerprint density at radius 2 is 0.950 bits per heavy atom. The van der Waals surface area contributed by atoms with Gasteiger partial charge in [-0.2, -0.15) is 0 Å². The molecule has 0 atom stereocenters. The molecule has 0 N–H and O–H groups in total. The van der Waals surface area contributed by atoms with Crippen molar-refractivity contribution in [2.24, 2.45) is 0 Å². The van der Waals surface area contributed by atoms with E-state index in [-0.39, 0.29) is 25.0 Å². The third-order valence-electron chi connectivity index (χ3n) is 8.05. The summed E-state index contributed by atoms with van der Waals surface area (Å²) in [6.45, 7) is 4.49. The molecule has 0 aromatic heterocycles. The normalized spacial score (nSPS) is 17.2. The summed E-state index contributed by atoms with van der Waals surface area (Å²) in [5.74, 6) is 0. The number of anilines is 3.